The van der Waals surface area contributed by atoms with Crippen LogP contribution in [0.4, 0.5) is 26.3 Å². The number of hydrogen-bond donors (Lipinski definition) is 1. The van der Waals surface area contributed by atoms with Crippen LogP contribution in [0.25, 0.3) is 11.0 Å². The van der Waals surface area contributed by atoms with E-state index in [0.29, 0.717) is 6.07 Å². The molecule has 1 aromatic carbocycles. The highest BCUT2D eigenvalue weighted by Crippen LogP contribution is 2.34. The van der Waals surface area contributed by atoms with Crippen LogP contribution in [0.1, 0.15) is 12.5 Å². The fraction of sp³-hybridized carbons (Fsp3) is 0.333. The van der Waals surface area contributed by atoms with Crippen LogP contribution < -0.4 is 15.7 Å². The Morgan fingerprint density at radius 1 is 1.19 bits per heavy atom. The molecule has 1 N–H and O–H groups in total. The minimum atomic E-state index is -4.79. The van der Waals surface area contributed by atoms with Gasteiger partial charge < -0.3 is 14.5 Å². The Hall–Kier alpha value is -2.72. The third kappa shape index (κ3) is 4.90. The Morgan fingerprint density at radius 2 is 1.85 bits per heavy atom. The predicted octanol–water partition coefficient (Wildman–Crippen LogP) is 3.26. The minimum absolute atomic E-state index is 0.158. The second-order valence-electron chi connectivity index (χ2n) is 5.23. The first-order valence-electron chi connectivity index (χ1n) is 7.03. The second-order valence-corrected chi connectivity index (χ2v) is 5.23. The molecule has 0 aliphatic carbocycles. The van der Waals surface area contributed by atoms with Crippen molar-refractivity contribution in [1.82, 2.24) is 5.32 Å². The van der Waals surface area contributed by atoms with Gasteiger partial charge in [0.2, 0.25) is 0 Å². The molecule has 11 heteroatoms. The fourth-order valence-electron chi connectivity index (χ4n) is 2.04. The van der Waals surface area contributed by atoms with Gasteiger partial charge in [0.25, 0.3) is 5.91 Å². The largest absolute Gasteiger partial charge is 0.481 e. The number of alkyl halides is 6. The number of nitrogens with one attached hydrogen (secondary N) is 1. The van der Waals surface area contributed by atoms with E-state index in [2.05, 4.69) is 4.42 Å². The van der Waals surface area contributed by atoms with Crippen LogP contribution in [-0.4, -0.2) is 24.7 Å². The normalized spacial score (nSPS) is 13.5. The van der Waals surface area contributed by atoms with Crippen LogP contribution in [0.2, 0.25) is 0 Å². The van der Waals surface area contributed by atoms with Gasteiger partial charge in [-0.1, -0.05) is 0 Å². The molecule has 1 atom stereocenters. The topological polar surface area (TPSA) is 68.5 Å². The zero-order valence-corrected chi connectivity index (χ0v) is 13.0. The molecular weight excluding hydrogens is 372 g/mol. The highest BCUT2D eigenvalue weighted by Gasteiger charge is 2.34. The molecule has 0 radical (unpaired) electrons. The van der Waals surface area contributed by atoms with Gasteiger partial charge in [-0.3, -0.25) is 4.79 Å². The van der Waals surface area contributed by atoms with Crippen LogP contribution in [0.5, 0.6) is 5.75 Å². The van der Waals surface area contributed by atoms with E-state index in [-0.39, 0.29) is 5.75 Å². The number of carbonyl (C=O) groups excluding carboxylic acids is 1. The van der Waals surface area contributed by atoms with E-state index in [1.807, 2.05) is 0 Å². The average molecular weight is 383 g/mol. The van der Waals surface area contributed by atoms with Gasteiger partial charge in [0, 0.05) is 17.5 Å². The molecule has 1 amide bonds. The van der Waals surface area contributed by atoms with Gasteiger partial charge in [-0.15, -0.1) is 0 Å². The summed E-state index contributed by atoms with van der Waals surface area (Å²) in [5, 5.41) is 1.20. The van der Waals surface area contributed by atoms with Crippen LogP contribution in [0.3, 0.4) is 0 Å². The lowest BCUT2D eigenvalue weighted by molar-refractivity contribution is -0.142. The number of benzene rings is 1. The molecule has 26 heavy (non-hydrogen) atoms. The summed E-state index contributed by atoms with van der Waals surface area (Å²) in [5.41, 5.74) is -2.88. The SMILES string of the molecule is CC(Oc1ccc2c(C(F)(F)F)cc(=O)oc2c1)C(=O)NCC(F)(F)F. The van der Waals surface area contributed by atoms with Crippen molar-refractivity contribution in [2.45, 2.75) is 25.4 Å². The molecule has 5 nitrogen and oxygen atoms in total. The van der Waals surface area contributed by atoms with Gasteiger partial charge in [-0.2, -0.15) is 26.3 Å². The summed E-state index contributed by atoms with van der Waals surface area (Å²) in [5.74, 6) is -1.23. The van der Waals surface area contributed by atoms with E-state index >= 15 is 0 Å². The molecule has 0 spiro atoms. The Kier molecular flexibility index (Phi) is 5.19. The second kappa shape index (κ2) is 6.89. The lowest BCUT2D eigenvalue weighted by Crippen LogP contribution is -2.41. The molecule has 0 fully saturated rings. The number of halogens is 6. The standard InChI is InChI=1S/C15H11F6NO4/c1-7(13(24)22-6-14(16,17)18)25-8-2-3-9-10(15(19,20)21)5-12(23)26-11(9)4-8/h2-5,7H,6H2,1H3,(H,22,24). The van der Waals surface area contributed by atoms with Gasteiger partial charge in [0.1, 0.15) is 17.9 Å². The molecule has 2 rings (SSSR count). The molecule has 142 valence electrons. The number of fused-ring (bicyclic) bond motifs is 1. The van der Waals surface area contributed by atoms with Gasteiger partial charge in [0.05, 0.1) is 5.56 Å². The highest BCUT2D eigenvalue weighted by atomic mass is 19.4. The highest BCUT2D eigenvalue weighted by molar-refractivity contribution is 5.83. The molecule has 0 saturated heterocycles. The lowest BCUT2D eigenvalue weighted by atomic mass is 10.1. The fourth-order valence-corrected chi connectivity index (χ4v) is 2.04. The maximum atomic E-state index is 12.9. The van der Waals surface area contributed by atoms with Crippen molar-refractivity contribution in [3.63, 3.8) is 0 Å². The summed E-state index contributed by atoms with van der Waals surface area (Å²) in [6, 6.07) is 3.29. The van der Waals surface area contributed by atoms with Gasteiger partial charge in [-0.25, -0.2) is 4.79 Å². The molecular formula is C15H11F6NO4. The monoisotopic (exact) mass is 383 g/mol. The van der Waals surface area contributed by atoms with Gasteiger partial charge in [0.15, 0.2) is 6.10 Å². The van der Waals surface area contributed by atoms with Crippen molar-refractivity contribution >= 4 is 16.9 Å². The van der Waals surface area contributed by atoms with Gasteiger partial charge >= 0.3 is 18.0 Å². The lowest BCUT2D eigenvalue weighted by Gasteiger charge is -2.16. The molecule has 1 heterocycles. The molecule has 1 aromatic heterocycles. The molecule has 2 aromatic rings. The van der Waals surface area contributed by atoms with Crippen LogP contribution in [0, 0.1) is 0 Å². The molecule has 1 unspecified atom stereocenters. The summed E-state index contributed by atoms with van der Waals surface area (Å²) in [6.45, 7) is -0.403. The maximum Gasteiger partial charge on any atom is 0.417 e. The summed E-state index contributed by atoms with van der Waals surface area (Å²) in [6.07, 6.45) is -10.8. The van der Waals surface area contributed by atoms with Crippen molar-refractivity contribution in [3.8, 4) is 5.75 Å². The number of hydrogen-bond acceptors (Lipinski definition) is 4. The van der Waals surface area contributed by atoms with E-state index in [9.17, 15) is 35.9 Å². The van der Waals surface area contributed by atoms with E-state index in [1.165, 1.54) is 0 Å². The predicted molar refractivity (Wildman–Crippen MR) is 76.6 cm³/mol. The zero-order chi connectivity index (χ0) is 19.7. The van der Waals surface area contributed by atoms with Crippen molar-refractivity contribution in [2.75, 3.05) is 6.54 Å². The Bertz CT molecular complexity index is 871. The Labute approximate surface area is 141 Å². The minimum Gasteiger partial charge on any atom is -0.481 e. The van der Waals surface area contributed by atoms with Crippen LogP contribution in [-0.2, 0) is 11.0 Å². The van der Waals surface area contributed by atoms with E-state index in [0.717, 1.165) is 25.1 Å². The first kappa shape index (κ1) is 19.6. The molecule has 0 aliphatic heterocycles. The van der Waals surface area contributed by atoms with Crippen molar-refractivity contribution in [2.24, 2.45) is 0 Å². The van der Waals surface area contributed by atoms with Crippen molar-refractivity contribution < 1.29 is 40.3 Å². The quantitative estimate of drug-likeness (QED) is 0.650. The maximum absolute atomic E-state index is 12.9. The number of ether oxygens (including phenoxy) is 1. The van der Waals surface area contributed by atoms with Crippen molar-refractivity contribution in [3.05, 3.63) is 40.2 Å². The number of amides is 1. The van der Waals surface area contributed by atoms with Crippen LogP contribution in [0.15, 0.2) is 33.5 Å². The molecule has 0 saturated carbocycles. The van der Waals surface area contributed by atoms with Crippen molar-refractivity contribution in [1.29, 1.82) is 0 Å². The third-order valence-electron chi connectivity index (χ3n) is 3.17. The van der Waals surface area contributed by atoms with E-state index in [4.69, 9.17) is 4.74 Å². The number of carbonyl (C=O) groups is 1. The first-order chi connectivity index (χ1) is 11.9. The Morgan fingerprint density at radius 3 is 2.42 bits per heavy atom. The molecule has 0 bridgehead atoms. The summed E-state index contributed by atoms with van der Waals surface area (Å²) in [7, 11) is 0. The molecule has 0 aliphatic rings. The average Bonchev–Trinajstić information content (AvgIpc) is 2.49. The smallest absolute Gasteiger partial charge is 0.417 e. The summed E-state index contributed by atoms with van der Waals surface area (Å²) in [4.78, 5) is 22.8. The Balaban J connectivity index is 2.24. The number of rotatable bonds is 4. The van der Waals surface area contributed by atoms with E-state index in [1.54, 1.807) is 5.32 Å². The zero-order valence-electron chi connectivity index (χ0n) is 13.0. The van der Waals surface area contributed by atoms with Gasteiger partial charge in [-0.05, 0) is 19.1 Å². The van der Waals surface area contributed by atoms with Crippen LogP contribution >= 0.6 is 0 Å². The summed E-state index contributed by atoms with van der Waals surface area (Å²) >= 11 is 0. The first-order valence-corrected chi connectivity index (χ1v) is 7.03. The third-order valence-corrected chi connectivity index (χ3v) is 3.17. The summed E-state index contributed by atoms with van der Waals surface area (Å²) < 4.78 is 84.8. The van der Waals surface area contributed by atoms with E-state index < -0.39 is 53.1 Å².